The van der Waals surface area contributed by atoms with E-state index in [4.69, 9.17) is 16.3 Å². The van der Waals surface area contributed by atoms with Crippen molar-refractivity contribution >= 4 is 46.7 Å². The van der Waals surface area contributed by atoms with Crippen molar-refractivity contribution in [3.05, 3.63) is 65.2 Å². The molecule has 180 valence electrons. The lowest BCUT2D eigenvalue weighted by molar-refractivity contribution is -0.139. The second kappa shape index (κ2) is 8.96. The van der Waals surface area contributed by atoms with Gasteiger partial charge >= 0.3 is 5.97 Å². The molecule has 2 fully saturated rings. The minimum atomic E-state index is -0.627. The van der Waals surface area contributed by atoms with E-state index in [0.29, 0.717) is 34.1 Å². The van der Waals surface area contributed by atoms with Crippen molar-refractivity contribution in [2.45, 2.75) is 26.7 Å². The molecule has 3 aliphatic rings. The number of hydrogen-bond acceptors (Lipinski definition) is 5. The molecule has 0 aromatic heterocycles. The predicted molar refractivity (Wildman–Crippen MR) is 131 cm³/mol. The summed E-state index contributed by atoms with van der Waals surface area (Å²) in [6, 6.07) is 11.9. The number of aryl methyl sites for hydroxylation is 1. The van der Waals surface area contributed by atoms with Gasteiger partial charge in [-0.2, -0.15) is 0 Å². The van der Waals surface area contributed by atoms with Gasteiger partial charge in [0, 0.05) is 13.0 Å². The van der Waals surface area contributed by atoms with Crippen molar-refractivity contribution in [2.75, 3.05) is 16.3 Å². The summed E-state index contributed by atoms with van der Waals surface area (Å²) in [4.78, 5) is 54.2. The van der Waals surface area contributed by atoms with Crippen LogP contribution in [-0.4, -0.2) is 30.2 Å². The largest absolute Gasteiger partial charge is 0.426 e. The molecule has 8 heteroatoms. The number of carbonyl (C=O) groups is 4. The Morgan fingerprint density at radius 3 is 2.54 bits per heavy atom. The number of para-hydroxylation sites is 1. The summed E-state index contributed by atoms with van der Waals surface area (Å²) in [5.74, 6) is -2.07. The zero-order valence-corrected chi connectivity index (χ0v) is 20.2. The number of amides is 3. The minimum absolute atomic E-state index is 0.00943. The van der Waals surface area contributed by atoms with Gasteiger partial charge in [-0.15, -0.1) is 0 Å². The average molecular weight is 493 g/mol. The van der Waals surface area contributed by atoms with Crippen LogP contribution in [0.25, 0.3) is 0 Å². The molecule has 2 saturated heterocycles. The molecule has 1 aliphatic carbocycles. The fourth-order valence-corrected chi connectivity index (χ4v) is 5.53. The smallest absolute Gasteiger partial charge is 0.316 e. The maximum absolute atomic E-state index is 13.1. The quantitative estimate of drug-likeness (QED) is 0.275. The van der Waals surface area contributed by atoms with Crippen molar-refractivity contribution < 1.29 is 23.9 Å². The highest BCUT2D eigenvalue weighted by Gasteiger charge is 2.50. The molecule has 0 unspecified atom stereocenters. The van der Waals surface area contributed by atoms with Crippen LogP contribution in [-0.2, 0) is 19.2 Å². The van der Waals surface area contributed by atoms with Crippen LogP contribution in [0.2, 0.25) is 5.02 Å². The number of benzene rings is 2. The van der Waals surface area contributed by atoms with Gasteiger partial charge in [0.1, 0.15) is 5.75 Å². The molecule has 2 heterocycles. The first-order valence-corrected chi connectivity index (χ1v) is 12.1. The summed E-state index contributed by atoms with van der Waals surface area (Å²) >= 11 is 6.22. The molecule has 4 atom stereocenters. The zero-order valence-electron chi connectivity index (χ0n) is 19.4. The lowest BCUT2D eigenvalue weighted by Crippen LogP contribution is -2.32. The van der Waals surface area contributed by atoms with E-state index in [1.807, 2.05) is 19.1 Å². The second-order valence-electron chi connectivity index (χ2n) is 9.39. The Morgan fingerprint density at radius 1 is 1.06 bits per heavy atom. The lowest BCUT2D eigenvalue weighted by atomic mass is 9.78. The minimum Gasteiger partial charge on any atom is -0.426 e. The highest BCUT2D eigenvalue weighted by Crippen LogP contribution is 2.41. The first kappa shape index (κ1) is 23.3. The van der Waals surface area contributed by atoms with Crippen LogP contribution in [0.15, 0.2) is 54.6 Å². The van der Waals surface area contributed by atoms with E-state index in [0.717, 1.165) is 0 Å². The third-order valence-corrected chi connectivity index (χ3v) is 7.42. The number of esters is 1. The van der Waals surface area contributed by atoms with Gasteiger partial charge in [-0.1, -0.05) is 42.8 Å². The average Bonchev–Trinajstić information content (AvgIpc) is 3.33. The van der Waals surface area contributed by atoms with E-state index >= 15 is 0 Å². The normalized spacial score (nSPS) is 25.9. The third kappa shape index (κ3) is 4.04. The number of hydrogen-bond donors (Lipinski definition) is 0. The summed E-state index contributed by atoms with van der Waals surface area (Å²) < 4.78 is 5.58. The number of carbonyl (C=O) groups excluding carboxylic acids is 4. The van der Waals surface area contributed by atoms with Crippen molar-refractivity contribution in [1.29, 1.82) is 0 Å². The molecule has 2 aromatic carbocycles. The van der Waals surface area contributed by atoms with Gasteiger partial charge in [-0.05, 0) is 55.2 Å². The molecule has 0 radical (unpaired) electrons. The number of halogens is 1. The fraction of sp³-hybridized carbons (Fsp3) is 0.333. The van der Waals surface area contributed by atoms with Gasteiger partial charge in [0.25, 0.3) is 0 Å². The number of anilines is 2. The summed E-state index contributed by atoms with van der Waals surface area (Å²) in [5, 5.41) is 0.442. The first-order chi connectivity index (χ1) is 16.8. The van der Waals surface area contributed by atoms with Crippen molar-refractivity contribution in [2.24, 2.45) is 23.7 Å². The highest BCUT2D eigenvalue weighted by molar-refractivity contribution is 6.34. The molecule has 5 rings (SSSR count). The van der Waals surface area contributed by atoms with Crippen LogP contribution in [0.4, 0.5) is 11.4 Å². The van der Waals surface area contributed by atoms with Crippen LogP contribution in [0.1, 0.15) is 25.3 Å². The summed E-state index contributed by atoms with van der Waals surface area (Å²) in [6.45, 7) is 3.91. The Morgan fingerprint density at radius 2 is 1.83 bits per heavy atom. The molecule has 2 aromatic rings. The number of rotatable bonds is 4. The van der Waals surface area contributed by atoms with Gasteiger partial charge in [0.05, 0.1) is 34.2 Å². The molecular formula is C27H25ClN2O5. The van der Waals surface area contributed by atoms with Crippen molar-refractivity contribution in [3.8, 4) is 5.75 Å². The SMILES string of the molecule is Cc1cc(OC(=O)[C@@H]2CC(=O)N(c3ccccc3Cl)C2)ccc1N1C(=O)[C@@H]2[C@H](C)C=CC[C@H]2C1=O. The zero-order chi connectivity index (χ0) is 24.9. The van der Waals surface area contributed by atoms with Gasteiger partial charge < -0.3 is 9.64 Å². The number of nitrogens with zero attached hydrogens (tertiary/aromatic N) is 2. The third-order valence-electron chi connectivity index (χ3n) is 7.10. The molecular weight excluding hydrogens is 468 g/mol. The molecule has 7 nitrogen and oxygen atoms in total. The lowest BCUT2D eigenvalue weighted by Gasteiger charge is -2.22. The Hall–Kier alpha value is -3.45. The number of allylic oxidation sites excluding steroid dienone is 2. The van der Waals surface area contributed by atoms with E-state index in [-0.39, 0.29) is 48.4 Å². The van der Waals surface area contributed by atoms with E-state index in [1.165, 1.54) is 9.80 Å². The maximum Gasteiger partial charge on any atom is 0.316 e. The second-order valence-corrected chi connectivity index (χ2v) is 9.80. The monoisotopic (exact) mass is 492 g/mol. The van der Waals surface area contributed by atoms with Gasteiger partial charge in [-0.25, -0.2) is 4.90 Å². The highest BCUT2D eigenvalue weighted by atomic mass is 35.5. The molecule has 0 bridgehead atoms. The van der Waals surface area contributed by atoms with Crippen LogP contribution < -0.4 is 14.5 Å². The standard InChI is InChI=1S/C27H25ClN2O5/c1-15-6-5-7-19-24(15)26(33)30(25(19)32)21-11-10-18(12-16(21)2)35-27(34)17-13-23(31)29(14-17)22-9-4-3-8-20(22)28/h3-6,8-12,15,17,19,24H,7,13-14H2,1-2H3/t15-,17-,19-,24-/m1/s1. The van der Waals surface area contributed by atoms with Crippen molar-refractivity contribution in [3.63, 3.8) is 0 Å². The van der Waals surface area contributed by atoms with Crippen molar-refractivity contribution in [1.82, 2.24) is 0 Å². The van der Waals surface area contributed by atoms with E-state index < -0.39 is 11.9 Å². The molecule has 3 amide bonds. The van der Waals surface area contributed by atoms with Crippen LogP contribution >= 0.6 is 11.6 Å². The topological polar surface area (TPSA) is 84.0 Å². The molecule has 0 spiro atoms. The van der Waals surface area contributed by atoms with Gasteiger partial charge in [0.15, 0.2) is 0 Å². The van der Waals surface area contributed by atoms with Crippen LogP contribution in [0.5, 0.6) is 5.75 Å². The number of ether oxygens (including phenoxy) is 1. The Bertz CT molecular complexity index is 1270. The van der Waals surface area contributed by atoms with Gasteiger partial charge in [-0.3, -0.25) is 19.2 Å². The predicted octanol–water partition coefficient (Wildman–Crippen LogP) is 4.31. The van der Waals surface area contributed by atoms with Crippen LogP contribution in [0, 0.1) is 30.6 Å². The molecule has 2 aliphatic heterocycles. The van der Waals surface area contributed by atoms with Gasteiger partial charge in [0.2, 0.25) is 17.7 Å². The molecule has 35 heavy (non-hydrogen) atoms. The summed E-state index contributed by atoms with van der Waals surface area (Å²) in [5.41, 5.74) is 1.72. The fourth-order valence-electron chi connectivity index (χ4n) is 5.30. The summed E-state index contributed by atoms with van der Waals surface area (Å²) in [6.07, 6.45) is 4.56. The Balaban J connectivity index is 1.30. The maximum atomic E-state index is 13.1. The Kier molecular flexibility index (Phi) is 5.97. The van der Waals surface area contributed by atoms with Crippen LogP contribution in [0.3, 0.4) is 0 Å². The number of fused-ring (bicyclic) bond motifs is 1. The first-order valence-electron chi connectivity index (χ1n) is 11.7. The van der Waals surface area contributed by atoms with E-state index in [2.05, 4.69) is 0 Å². The Labute approximate surface area is 208 Å². The molecule has 0 N–H and O–H groups in total. The van der Waals surface area contributed by atoms with E-state index in [1.54, 1.807) is 49.4 Å². The summed E-state index contributed by atoms with van der Waals surface area (Å²) in [7, 11) is 0. The molecule has 0 saturated carbocycles. The number of imide groups is 1. The van der Waals surface area contributed by atoms with E-state index in [9.17, 15) is 19.2 Å².